The molecule has 1 aromatic rings. The maximum atomic E-state index is 13.1. The Morgan fingerprint density at radius 2 is 2.11 bits per heavy atom. The van der Waals surface area contributed by atoms with Gasteiger partial charge in [0.2, 0.25) is 6.36 Å². The molecule has 3 nitrogen and oxygen atoms in total. The molecule has 0 spiro atoms. The molecule has 18 heavy (non-hydrogen) atoms. The van der Waals surface area contributed by atoms with Crippen LogP contribution in [0.4, 0.5) is 14.9 Å². The zero-order valence-electron chi connectivity index (χ0n) is 9.47. The lowest BCUT2D eigenvalue weighted by Crippen LogP contribution is -2.19. The Balaban J connectivity index is 2.67. The lowest BCUT2D eigenvalue weighted by atomic mass is 10.3. The van der Waals surface area contributed by atoms with Crippen LogP contribution in [0.1, 0.15) is 19.8 Å². The number of benzene rings is 1. The molecule has 100 valence electrons. The highest BCUT2D eigenvalue weighted by atomic mass is 127. The molecular weight excluding hydrogens is 395 g/mol. The van der Waals surface area contributed by atoms with E-state index >= 15 is 0 Å². The molecule has 0 aliphatic carbocycles. The minimum atomic E-state index is -1.60. The van der Waals surface area contributed by atoms with Crippen molar-refractivity contribution < 1.29 is 13.9 Å². The summed E-state index contributed by atoms with van der Waals surface area (Å²) >= 11 is 13.6. The third-order valence-corrected chi connectivity index (χ3v) is 3.61. The van der Waals surface area contributed by atoms with E-state index in [1.165, 1.54) is 6.07 Å². The van der Waals surface area contributed by atoms with Gasteiger partial charge in [-0.3, -0.25) is 5.32 Å². The molecule has 1 atom stereocenters. The second kappa shape index (κ2) is 7.35. The molecule has 0 aliphatic rings. The van der Waals surface area contributed by atoms with E-state index in [9.17, 15) is 9.18 Å². The molecule has 0 heterocycles. The fourth-order valence-electron chi connectivity index (χ4n) is 1.16. The van der Waals surface area contributed by atoms with Crippen molar-refractivity contribution in [3.8, 4) is 0 Å². The molecule has 7 heteroatoms. The van der Waals surface area contributed by atoms with E-state index < -0.39 is 12.5 Å². The molecule has 0 radical (unpaired) electrons. The van der Waals surface area contributed by atoms with Crippen molar-refractivity contribution in [2.45, 2.75) is 26.1 Å². The number of nitrogens with one attached hydrogen (secondary N) is 1. The first-order chi connectivity index (χ1) is 8.43. The van der Waals surface area contributed by atoms with Crippen molar-refractivity contribution in [2.75, 3.05) is 5.32 Å². The quantitative estimate of drug-likeness (QED) is 0.549. The van der Waals surface area contributed by atoms with E-state index in [-0.39, 0.29) is 6.42 Å². The van der Waals surface area contributed by atoms with Gasteiger partial charge in [-0.15, -0.1) is 0 Å². The third-order valence-electron chi connectivity index (χ3n) is 2.00. The maximum Gasteiger partial charge on any atom is 0.414 e. The van der Waals surface area contributed by atoms with Crippen molar-refractivity contribution in [3.05, 3.63) is 25.7 Å². The molecule has 0 aromatic heterocycles. The molecule has 0 fully saturated rings. The lowest BCUT2D eigenvalue weighted by molar-refractivity contribution is 0.0159. The fraction of sp³-hybridized carbons (Fsp3) is 0.364. The van der Waals surface area contributed by atoms with Crippen molar-refractivity contribution >= 4 is 57.6 Å². The van der Waals surface area contributed by atoms with Gasteiger partial charge in [0, 0.05) is 9.99 Å². The molecule has 0 aliphatic heterocycles. The first kappa shape index (κ1) is 15.8. The molecule has 0 saturated carbocycles. The monoisotopic (exact) mass is 405 g/mol. The minimum Gasteiger partial charge on any atom is -0.415 e. The van der Waals surface area contributed by atoms with Crippen LogP contribution in [0.3, 0.4) is 0 Å². The van der Waals surface area contributed by atoms with E-state index in [0.29, 0.717) is 25.7 Å². The number of rotatable bonds is 4. The van der Waals surface area contributed by atoms with Crippen LogP contribution in [0.2, 0.25) is 10.0 Å². The van der Waals surface area contributed by atoms with Crippen molar-refractivity contribution in [1.29, 1.82) is 0 Å². The number of amides is 1. The van der Waals surface area contributed by atoms with Crippen molar-refractivity contribution in [2.24, 2.45) is 0 Å². The third kappa shape index (κ3) is 4.78. The predicted octanol–water partition coefficient (Wildman–Crippen LogP) is 5.24. The Hall–Kier alpha value is -0.270. The molecule has 1 N–H and O–H groups in total. The topological polar surface area (TPSA) is 38.3 Å². The second-order valence-corrected chi connectivity index (χ2v) is 5.45. The van der Waals surface area contributed by atoms with Gasteiger partial charge in [-0.2, -0.15) is 0 Å². The zero-order chi connectivity index (χ0) is 13.7. The SMILES string of the molecule is CCCC(F)OC(=O)Nc1cc(Cl)c(Cl)cc1I. The van der Waals surface area contributed by atoms with Gasteiger partial charge in [0.15, 0.2) is 0 Å². The predicted molar refractivity (Wildman–Crippen MR) is 79.1 cm³/mol. The van der Waals surface area contributed by atoms with Crippen molar-refractivity contribution in [3.63, 3.8) is 0 Å². The van der Waals surface area contributed by atoms with Crippen LogP contribution in [0.5, 0.6) is 0 Å². The van der Waals surface area contributed by atoms with Gasteiger partial charge in [-0.05, 0) is 41.1 Å². The van der Waals surface area contributed by atoms with Gasteiger partial charge >= 0.3 is 6.09 Å². The summed E-state index contributed by atoms with van der Waals surface area (Å²) in [5.74, 6) is 0. The largest absolute Gasteiger partial charge is 0.415 e. The summed E-state index contributed by atoms with van der Waals surface area (Å²) in [6.45, 7) is 1.80. The first-order valence-electron chi connectivity index (χ1n) is 5.20. The highest BCUT2D eigenvalue weighted by molar-refractivity contribution is 14.1. The lowest BCUT2D eigenvalue weighted by Gasteiger charge is -2.11. The Bertz CT molecular complexity index is 445. The Morgan fingerprint density at radius 3 is 2.72 bits per heavy atom. The molecular formula is C11H11Cl2FINO2. The van der Waals surface area contributed by atoms with E-state index in [2.05, 4.69) is 10.1 Å². The normalized spacial score (nSPS) is 12.1. The Labute approximate surface area is 128 Å². The van der Waals surface area contributed by atoms with Gasteiger partial charge in [-0.25, -0.2) is 9.18 Å². The summed E-state index contributed by atoms with van der Waals surface area (Å²) in [7, 11) is 0. The van der Waals surface area contributed by atoms with Gasteiger partial charge in [-0.1, -0.05) is 30.1 Å². The van der Waals surface area contributed by atoms with E-state index in [1.807, 2.05) is 22.6 Å². The van der Waals surface area contributed by atoms with Crippen LogP contribution in [0.25, 0.3) is 0 Å². The maximum absolute atomic E-state index is 13.1. The van der Waals surface area contributed by atoms with Crippen LogP contribution < -0.4 is 5.32 Å². The molecule has 1 unspecified atom stereocenters. The molecule has 1 amide bonds. The summed E-state index contributed by atoms with van der Waals surface area (Å²) in [5.41, 5.74) is 0.429. The number of hydrogen-bond acceptors (Lipinski definition) is 2. The number of anilines is 1. The van der Waals surface area contributed by atoms with Gasteiger partial charge < -0.3 is 4.74 Å². The van der Waals surface area contributed by atoms with E-state index in [0.717, 1.165) is 0 Å². The van der Waals surface area contributed by atoms with Gasteiger partial charge in [0.05, 0.1) is 15.7 Å². The van der Waals surface area contributed by atoms with Crippen LogP contribution in [-0.4, -0.2) is 12.5 Å². The highest BCUT2D eigenvalue weighted by Crippen LogP contribution is 2.30. The van der Waals surface area contributed by atoms with Crippen LogP contribution in [-0.2, 0) is 4.74 Å². The summed E-state index contributed by atoms with van der Waals surface area (Å²) in [6, 6.07) is 3.08. The second-order valence-electron chi connectivity index (χ2n) is 3.48. The molecule has 0 saturated heterocycles. The summed E-state index contributed by atoms with van der Waals surface area (Å²) in [5, 5.41) is 3.10. The van der Waals surface area contributed by atoms with Gasteiger partial charge in [0.25, 0.3) is 0 Å². The molecule has 1 aromatic carbocycles. The number of carbonyl (C=O) groups is 1. The summed E-state index contributed by atoms with van der Waals surface area (Å²) < 4.78 is 18.3. The summed E-state index contributed by atoms with van der Waals surface area (Å²) in [6.07, 6.45) is -1.69. The van der Waals surface area contributed by atoms with Crippen LogP contribution in [0, 0.1) is 3.57 Å². The number of hydrogen-bond donors (Lipinski definition) is 1. The Kier molecular flexibility index (Phi) is 6.45. The standard InChI is InChI=1S/C11H11Cl2FINO2/c1-2-3-10(14)18-11(17)16-9-5-7(13)6(12)4-8(9)15/h4-5,10H,2-3H2,1H3,(H,16,17). The van der Waals surface area contributed by atoms with E-state index in [1.54, 1.807) is 13.0 Å². The summed E-state index contributed by atoms with van der Waals surface area (Å²) in [4.78, 5) is 11.4. The first-order valence-corrected chi connectivity index (χ1v) is 7.03. The fourth-order valence-corrected chi connectivity index (χ4v) is 2.27. The van der Waals surface area contributed by atoms with Crippen LogP contribution >= 0.6 is 45.8 Å². The van der Waals surface area contributed by atoms with Crippen molar-refractivity contribution in [1.82, 2.24) is 0 Å². The Morgan fingerprint density at radius 1 is 1.50 bits per heavy atom. The minimum absolute atomic E-state index is 0.173. The van der Waals surface area contributed by atoms with E-state index in [4.69, 9.17) is 23.2 Å². The average Bonchev–Trinajstić information content (AvgIpc) is 2.26. The number of carbonyl (C=O) groups excluding carboxylic acids is 1. The van der Waals surface area contributed by atoms with Gasteiger partial charge in [0.1, 0.15) is 0 Å². The number of alkyl halides is 1. The zero-order valence-corrected chi connectivity index (χ0v) is 13.1. The van der Waals surface area contributed by atoms with Crippen LogP contribution in [0.15, 0.2) is 12.1 Å². The highest BCUT2D eigenvalue weighted by Gasteiger charge is 2.14. The number of halogens is 4. The molecule has 0 bridgehead atoms. The average molecular weight is 406 g/mol. The smallest absolute Gasteiger partial charge is 0.414 e. The molecule has 1 rings (SSSR count). The number of ether oxygens (including phenoxy) is 1.